The van der Waals surface area contributed by atoms with E-state index in [0.717, 1.165) is 73.5 Å². The average molecular weight is 1010 g/mol. The first kappa shape index (κ1) is 46.3. The van der Waals surface area contributed by atoms with Crippen LogP contribution in [0.2, 0.25) is 0 Å². The molecule has 1 atom stereocenters. The highest BCUT2D eigenvalue weighted by Gasteiger charge is 2.32. The summed E-state index contributed by atoms with van der Waals surface area (Å²) in [6.45, 7) is 4.61. The second-order valence-electron chi connectivity index (χ2n) is 20.4. The standard InChI is InChI=1S/C72H54N4S/c1-48-21-15-18-32-64(48)74(54-26-11-5-12-27-54)58-40-42-69(77)63(46-58)70-49(2)43-52-44-59(47-68-71(52)72(70)61-31-17-20-34-66(61)76(68)56-37-35-51(36-38-56)50-22-7-3-8-23-50)73(53-24-9-4-10-25-53)57-39-41-67-62(45-57)60-30-16-19-33-65(60)75(67)55-28-13-6-14-29-55/h3-20,22-48,77H,21H2,1-2H3. The lowest BCUT2D eigenvalue weighted by Crippen LogP contribution is -2.22. The van der Waals surface area contributed by atoms with Crippen LogP contribution in [-0.4, -0.2) is 4.57 Å². The Balaban J connectivity index is 1.03. The summed E-state index contributed by atoms with van der Waals surface area (Å²) >= 11 is 5.34. The highest BCUT2D eigenvalue weighted by atomic mass is 32.1. The molecule has 368 valence electrons. The topological polar surface area (TPSA) is 14.7 Å². The van der Waals surface area contributed by atoms with E-state index in [1.54, 1.807) is 0 Å². The summed E-state index contributed by atoms with van der Waals surface area (Å²) in [4.78, 5) is 8.29. The lowest BCUT2D eigenvalue weighted by molar-refractivity contribution is 0.670. The molecule has 11 aromatic carbocycles. The second-order valence-corrected chi connectivity index (χ2v) is 20.8. The number of allylic oxidation sites excluding steroid dienone is 4. The minimum Gasteiger partial charge on any atom is -0.314 e. The van der Waals surface area contributed by atoms with E-state index in [1.165, 1.54) is 66.3 Å². The summed E-state index contributed by atoms with van der Waals surface area (Å²) in [5.41, 5.74) is 21.7. The van der Waals surface area contributed by atoms with Crippen molar-refractivity contribution < 1.29 is 0 Å². The third-order valence-electron chi connectivity index (χ3n) is 15.7. The molecule has 1 aliphatic carbocycles. The first-order valence-electron chi connectivity index (χ1n) is 26.6. The first-order chi connectivity index (χ1) is 38.0. The maximum absolute atomic E-state index is 5.34. The fourth-order valence-electron chi connectivity index (χ4n) is 12.2. The van der Waals surface area contributed by atoms with Gasteiger partial charge >= 0.3 is 0 Å². The maximum atomic E-state index is 5.34. The molecule has 0 amide bonds. The third-order valence-corrected chi connectivity index (χ3v) is 16.1. The molecule has 14 rings (SSSR count). The Hall–Kier alpha value is -9.29. The zero-order chi connectivity index (χ0) is 51.6. The van der Waals surface area contributed by atoms with Crippen LogP contribution in [0.1, 0.15) is 18.9 Å². The Morgan fingerprint density at radius 1 is 0.455 bits per heavy atom. The Kier molecular flexibility index (Phi) is 11.5. The molecule has 2 aliphatic rings. The van der Waals surface area contributed by atoms with Crippen molar-refractivity contribution in [2.75, 3.05) is 14.7 Å². The van der Waals surface area contributed by atoms with Gasteiger partial charge in [0.05, 0.1) is 22.4 Å². The zero-order valence-electron chi connectivity index (χ0n) is 42.9. The normalized spacial score (nSPS) is 13.7. The van der Waals surface area contributed by atoms with Gasteiger partial charge in [-0.1, -0.05) is 159 Å². The molecule has 0 radical (unpaired) electrons. The van der Waals surface area contributed by atoms with E-state index >= 15 is 0 Å². The van der Waals surface area contributed by atoms with E-state index in [2.05, 4.69) is 300 Å². The van der Waals surface area contributed by atoms with E-state index in [9.17, 15) is 0 Å². The fourth-order valence-corrected chi connectivity index (χ4v) is 12.4. The van der Waals surface area contributed by atoms with Gasteiger partial charge in [-0.15, -0.1) is 12.6 Å². The molecule has 1 aliphatic heterocycles. The summed E-state index contributed by atoms with van der Waals surface area (Å²) in [7, 11) is 0. The van der Waals surface area contributed by atoms with Crippen molar-refractivity contribution in [1.29, 1.82) is 0 Å². The van der Waals surface area contributed by atoms with Crippen LogP contribution in [0.5, 0.6) is 0 Å². The molecule has 77 heavy (non-hydrogen) atoms. The molecule has 5 heteroatoms. The Morgan fingerprint density at radius 3 is 1.83 bits per heavy atom. The van der Waals surface area contributed by atoms with Crippen molar-refractivity contribution in [3.05, 3.63) is 278 Å². The van der Waals surface area contributed by atoms with Gasteiger partial charge in [0.15, 0.2) is 0 Å². The molecule has 4 nitrogen and oxygen atoms in total. The summed E-state index contributed by atoms with van der Waals surface area (Å²) in [6.07, 6.45) is 7.74. The van der Waals surface area contributed by atoms with Crippen LogP contribution in [0, 0.1) is 12.8 Å². The van der Waals surface area contributed by atoms with Gasteiger partial charge in [-0.2, -0.15) is 0 Å². The van der Waals surface area contributed by atoms with Crippen molar-refractivity contribution in [2.45, 2.75) is 25.2 Å². The number of anilines is 8. The molecule has 0 N–H and O–H groups in total. The number of aromatic nitrogens is 1. The molecule has 0 saturated carbocycles. The largest absolute Gasteiger partial charge is 0.314 e. The van der Waals surface area contributed by atoms with E-state index in [0.29, 0.717) is 5.92 Å². The van der Waals surface area contributed by atoms with Gasteiger partial charge in [0.2, 0.25) is 0 Å². The fraction of sp³-hybridized carbons (Fsp3) is 0.0556. The minimum atomic E-state index is 0.339. The van der Waals surface area contributed by atoms with Crippen molar-refractivity contribution in [3.63, 3.8) is 0 Å². The lowest BCUT2D eigenvalue weighted by Gasteiger charge is -2.37. The van der Waals surface area contributed by atoms with Gasteiger partial charge < -0.3 is 19.3 Å². The molecular weight excluding hydrogens is 953 g/mol. The second kappa shape index (κ2) is 19.1. The van der Waals surface area contributed by atoms with E-state index in [4.69, 9.17) is 12.6 Å². The molecule has 1 unspecified atom stereocenters. The van der Waals surface area contributed by atoms with Crippen molar-refractivity contribution in [3.8, 4) is 39.1 Å². The molecule has 1 aromatic heterocycles. The predicted molar refractivity (Wildman–Crippen MR) is 329 cm³/mol. The van der Waals surface area contributed by atoms with Gasteiger partial charge in [0.25, 0.3) is 0 Å². The number of hydrogen-bond donors (Lipinski definition) is 1. The number of para-hydroxylation sites is 5. The third kappa shape index (κ3) is 7.93. The SMILES string of the molecule is Cc1cc2cc(N(c3ccccc3)c3ccc4c(c3)c3ccccc3n4-c3ccccc3)cc3c2c(c1-c1cc(N(C2=CC=CCC2C)c2ccccc2)ccc1S)-c1ccccc1N3c1ccc(-c2ccccc2)cc1. The maximum Gasteiger partial charge on any atom is 0.0567 e. The summed E-state index contributed by atoms with van der Waals surface area (Å²) < 4.78 is 2.39. The molecular formula is C72H54N4S. The monoisotopic (exact) mass is 1010 g/mol. The van der Waals surface area contributed by atoms with Crippen molar-refractivity contribution in [1.82, 2.24) is 4.57 Å². The minimum absolute atomic E-state index is 0.339. The molecule has 0 saturated heterocycles. The molecule has 12 aromatic rings. The number of benzene rings is 11. The van der Waals surface area contributed by atoms with Gasteiger partial charge in [0, 0.05) is 83.6 Å². The Labute approximate surface area is 455 Å². The Morgan fingerprint density at radius 2 is 1.08 bits per heavy atom. The molecule has 0 spiro atoms. The van der Waals surface area contributed by atoms with Gasteiger partial charge in [-0.25, -0.2) is 0 Å². The first-order valence-corrected chi connectivity index (χ1v) is 27.1. The summed E-state index contributed by atoms with van der Waals surface area (Å²) in [6, 6.07) is 90.8. The average Bonchev–Trinajstić information content (AvgIpc) is 3.95. The van der Waals surface area contributed by atoms with E-state index in [1.807, 2.05) is 0 Å². The van der Waals surface area contributed by atoms with Crippen LogP contribution in [0.15, 0.2) is 278 Å². The molecule has 2 heterocycles. The van der Waals surface area contributed by atoms with Crippen LogP contribution >= 0.6 is 12.6 Å². The van der Waals surface area contributed by atoms with Crippen molar-refractivity contribution >= 4 is 90.7 Å². The zero-order valence-corrected chi connectivity index (χ0v) is 43.8. The predicted octanol–water partition coefficient (Wildman–Crippen LogP) is 20.4. The van der Waals surface area contributed by atoms with E-state index in [-0.39, 0.29) is 0 Å². The van der Waals surface area contributed by atoms with Crippen LogP contribution in [0.4, 0.5) is 45.5 Å². The van der Waals surface area contributed by atoms with Gasteiger partial charge in [-0.3, -0.25) is 0 Å². The smallest absolute Gasteiger partial charge is 0.0567 e. The van der Waals surface area contributed by atoms with Gasteiger partial charge in [0.1, 0.15) is 0 Å². The number of fused-ring (bicyclic) bond motifs is 5. The highest BCUT2D eigenvalue weighted by Crippen LogP contribution is 2.57. The summed E-state index contributed by atoms with van der Waals surface area (Å²) in [5.74, 6) is 0.339. The molecule has 0 fully saturated rings. The van der Waals surface area contributed by atoms with Crippen molar-refractivity contribution in [2.24, 2.45) is 5.92 Å². The van der Waals surface area contributed by atoms with Gasteiger partial charge in [-0.05, 0) is 162 Å². The number of hydrogen-bond acceptors (Lipinski definition) is 4. The summed E-state index contributed by atoms with van der Waals surface area (Å²) in [5, 5.41) is 4.77. The number of aryl methyl sites for hydroxylation is 1. The van der Waals surface area contributed by atoms with E-state index < -0.39 is 0 Å². The highest BCUT2D eigenvalue weighted by molar-refractivity contribution is 7.80. The molecule has 0 bridgehead atoms. The Bertz CT molecular complexity index is 4280. The van der Waals surface area contributed by atoms with Crippen LogP contribution in [0.25, 0.3) is 71.6 Å². The number of thiol groups is 1. The van der Waals surface area contributed by atoms with Crippen LogP contribution in [-0.2, 0) is 0 Å². The van der Waals surface area contributed by atoms with Crippen LogP contribution in [0.3, 0.4) is 0 Å². The van der Waals surface area contributed by atoms with Crippen LogP contribution < -0.4 is 14.7 Å². The number of rotatable bonds is 10. The number of nitrogens with zero attached hydrogens (tertiary/aromatic N) is 4. The lowest BCUT2D eigenvalue weighted by atomic mass is 9.82. The quantitative estimate of drug-likeness (QED) is 0.137.